The van der Waals surface area contributed by atoms with E-state index < -0.39 is 0 Å². The molecule has 1 aromatic carbocycles. The molecule has 2 aromatic rings. The number of nitrogens with one attached hydrogen (secondary N) is 1. The zero-order valence-corrected chi connectivity index (χ0v) is 9.13. The van der Waals surface area contributed by atoms with Gasteiger partial charge < -0.3 is 4.98 Å². The van der Waals surface area contributed by atoms with Crippen molar-refractivity contribution in [1.82, 2.24) is 9.97 Å². The second-order valence-electron chi connectivity index (χ2n) is 4.40. The molecule has 82 valence electrons. The van der Waals surface area contributed by atoms with Crippen molar-refractivity contribution >= 4 is 0 Å². The molecule has 1 saturated carbocycles. The van der Waals surface area contributed by atoms with E-state index in [0.29, 0.717) is 22.9 Å². The van der Waals surface area contributed by atoms with Crippen molar-refractivity contribution in [3.63, 3.8) is 0 Å². The minimum Gasteiger partial charge on any atom is -0.342 e. The Morgan fingerprint density at radius 2 is 2.19 bits per heavy atom. The molecule has 3 heteroatoms. The van der Waals surface area contributed by atoms with E-state index in [-0.39, 0.29) is 5.82 Å². The Balaban J connectivity index is 2.03. The van der Waals surface area contributed by atoms with Crippen LogP contribution < -0.4 is 0 Å². The number of imidazole rings is 1. The van der Waals surface area contributed by atoms with Crippen LogP contribution in [0.2, 0.25) is 0 Å². The monoisotopic (exact) mass is 216 g/mol. The number of aryl methyl sites for hydroxylation is 1. The van der Waals surface area contributed by atoms with Crippen LogP contribution in [0.15, 0.2) is 24.4 Å². The molecular formula is C13H13FN2. The molecule has 0 amide bonds. The van der Waals surface area contributed by atoms with Crippen LogP contribution in [0.25, 0.3) is 11.4 Å². The summed E-state index contributed by atoms with van der Waals surface area (Å²) in [6, 6.07) is 5.38. The van der Waals surface area contributed by atoms with Gasteiger partial charge in [-0.05, 0) is 31.4 Å². The summed E-state index contributed by atoms with van der Waals surface area (Å²) in [6.45, 7) is 1.77. The molecule has 1 heterocycles. The van der Waals surface area contributed by atoms with Gasteiger partial charge in [-0.1, -0.05) is 12.1 Å². The topological polar surface area (TPSA) is 28.7 Å². The number of benzene rings is 1. The van der Waals surface area contributed by atoms with Crippen LogP contribution in [0, 0.1) is 12.7 Å². The van der Waals surface area contributed by atoms with E-state index in [0.717, 1.165) is 5.69 Å². The van der Waals surface area contributed by atoms with Crippen molar-refractivity contribution in [2.45, 2.75) is 25.7 Å². The second kappa shape index (κ2) is 3.44. The Bertz CT molecular complexity index is 526. The lowest BCUT2D eigenvalue weighted by Crippen LogP contribution is -1.90. The molecule has 0 aliphatic heterocycles. The predicted octanol–water partition coefficient (Wildman–Crippen LogP) is 3.40. The van der Waals surface area contributed by atoms with Crippen molar-refractivity contribution in [2.75, 3.05) is 0 Å². The highest BCUT2D eigenvalue weighted by Crippen LogP contribution is 2.39. The van der Waals surface area contributed by atoms with E-state index in [9.17, 15) is 4.39 Å². The van der Waals surface area contributed by atoms with Gasteiger partial charge in [0.1, 0.15) is 11.6 Å². The van der Waals surface area contributed by atoms with E-state index in [4.69, 9.17) is 0 Å². The minimum atomic E-state index is -0.181. The number of rotatable bonds is 2. The maximum absolute atomic E-state index is 13.9. The van der Waals surface area contributed by atoms with Gasteiger partial charge in [-0.25, -0.2) is 9.37 Å². The van der Waals surface area contributed by atoms with Crippen LogP contribution in [0.1, 0.15) is 30.0 Å². The lowest BCUT2D eigenvalue weighted by Gasteiger charge is -2.01. The number of H-pyrrole nitrogens is 1. The first-order chi connectivity index (χ1) is 7.75. The maximum Gasteiger partial charge on any atom is 0.140 e. The average molecular weight is 216 g/mol. The van der Waals surface area contributed by atoms with Gasteiger partial charge in [-0.15, -0.1) is 0 Å². The molecule has 0 bridgehead atoms. The zero-order valence-electron chi connectivity index (χ0n) is 9.13. The smallest absolute Gasteiger partial charge is 0.140 e. The Morgan fingerprint density at radius 3 is 2.94 bits per heavy atom. The molecule has 1 aliphatic rings. The number of nitrogens with zero attached hydrogens (tertiary/aromatic N) is 1. The fourth-order valence-electron chi connectivity index (χ4n) is 1.90. The quantitative estimate of drug-likeness (QED) is 0.818. The Labute approximate surface area is 93.5 Å². The van der Waals surface area contributed by atoms with Crippen LogP contribution in [0.4, 0.5) is 4.39 Å². The van der Waals surface area contributed by atoms with Crippen molar-refractivity contribution in [1.29, 1.82) is 0 Å². The van der Waals surface area contributed by atoms with E-state index in [1.165, 1.54) is 12.8 Å². The van der Waals surface area contributed by atoms with Gasteiger partial charge in [0.25, 0.3) is 0 Å². The molecule has 1 aromatic heterocycles. The van der Waals surface area contributed by atoms with Gasteiger partial charge in [0, 0.05) is 17.8 Å². The molecule has 0 saturated heterocycles. The summed E-state index contributed by atoms with van der Waals surface area (Å²) in [5.74, 6) is 1.08. The summed E-state index contributed by atoms with van der Waals surface area (Å²) < 4.78 is 13.9. The van der Waals surface area contributed by atoms with Gasteiger partial charge in [0.2, 0.25) is 0 Å². The molecule has 3 rings (SSSR count). The third-order valence-electron chi connectivity index (χ3n) is 3.06. The van der Waals surface area contributed by atoms with Crippen LogP contribution in [-0.4, -0.2) is 9.97 Å². The average Bonchev–Trinajstić information content (AvgIpc) is 3.02. The molecule has 0 atom stereocenters. The first kappa shape index (κ1) is 9.58. The first-order valence-electron chi connectivity index (χ1n) is 5.56. The minimum absolute atomic E-state index is 0.181. The normalized spacial score (nSPS) is 15.4. The van der Waals surface area contributed by atoms with Crippen molar-refractivity contribution in [3.05, 3.63) is 41.5 Å². The summed E-state index contributed by atoms with van der Waals surface area (Å²) in [6.07, 6.45) is 4.27. The maximum atomic E-state index is 13.9. The number of aromatic amines is 1. The van der Waals surface area contributed by atoms with Crippen molar-refractivity contribution in [3.8, 4) is 11.4 Å². The van der Waals surface area contributed by atoms with E-state index >= 15 is 0 Å². The summed E-state index contributed by atoms with van der Waals surface area (Å²) in [5.41, 5.74) is 2.35. The molecule has 1 aliphatic carbocycles. The number of hydrogen-bond acceptors (Lipinski definition) is 1. The Morgan fingerprint density at radius 1 is 1.38 bits per heavy atom. The molecule has 2 nitrogen and oxygen atoms in total. The molecule has 0 radical (unpaired) electrons. The van der Waals surface area contributed by atoms with E-state index in [1.54, 1.807) is 19.1 Å². The van der Waals surface area contributed by atoms with E-state index in [2.05, 4.69) is 9.97 Å². The van der Waals surface area contributed by atoms with Gasteiger partial charge >= 0.3 is 0 Å². The highest BCUT2D eigenvalue weighted by molar-refractivity contribution is 5.57. The fourth-order valence-corrected chi connectivity index (χ4v) is 1.90. The molecule has 0 spiro atoms. The summed E-state index contributed by atoms with van der Waals surface area (Å²) in [7, 11) is 0. The Kier molecular flexibility index (Phi) is 2.06. The summed E-state index contributed by atoms with van der Waals surface area (Å²) in [4.78, 5) is 7.46. The largest absolute Gasteiger partial charge is 0.342 e. The van der Waals surface area contributed by atoms with Gasteiger partial charge in [0.05, 0.1) is 5.56 Å². The lowest BCUT2D eigenvalue weighted by atomic mass is 10.1. The third-order valence-corrected chi connectivity index (χ3v) is 3.06. The molecule has 0 unspecified atom stereocenters. The van der Waals surface area contributed by atoms with Gasteiger partial charge in [0.15, 0.2) is 0 Å². The van der Waals surface area contributed by atoms with Crippen LogP contribution >= 0.6 is 0 Å². The summed E-state index contributed by atoms with van der Waals surface area (Å²) in [5, 5.41) is 0. The van der Waals surface area contributed by atoms with E-state index in [1.807, 2.05) is 12.3 Å². The standard InChI is InChI=1S/C13H13FN2/c1-8-3-2-4-10(12(8)14)13-15-7-11(16-13)9-5-6-9/h2-4,7,9H,5-6H2,1H3,(H,15,16). The molecular weight excluding hydrogens is 203 g/mol. The van der Waals surface area contributed by atoms with Gasteiger partial charge in [-0.3, -0.25) is 0 Å². The number of aromatic nitrogens is 2. The van der Waals surface area contributed by atoms with Crippen molar-refractivity contribution < 1.29 is 4.39 Å². The second-order valence-corrected chi connectivity index (χ2v) is 4.40. The third kappa shape index (κ3) is 1.52. The number of halogens is 1. The highest BCUT2D eigenvalue weighted by Gasteiger charge is 2.25. The SMILES string of the molecule is Cc1cccc(-c2ncc(C3CC3)[nH]2)c1F. The molecule has 1 N–H and O–H groups in total. The molecule has 1 fully saturated rings. The molecule has 16 heavy (non-hydrogen) atoms. The van der Waals surface area contributed by atoms with Gasteiger partial charge in [-0.2, -0.15) is 0 Å². The summed E-state index contributed by atoms with van der Waals surface area (Å²) >= 11 is 0. The van der Waals surface area contributed by atoms with Crippen molar-refractivity contribution in [2.24, 2.45) is 0 Å². The Hall–Kier alpha value is -1.64. The number of hydrogen-bond donors (Lipinski definition) is 1. The first-order valence-corrected chi connectivity index (χ1v) is 5.56. The van der Waals surface area contributed by atoms with Crippen LogP contribution in [0.3, 0.4) is 0 Å². The fraction of sp³-hybridized carbons (Fsp3) is 0.308. The lowest BCUT2D eigenvalue weighted by molar-refractivity contribution is 0.621. The zero-order chi connectivity index (χ0) is 11.1. The van der Waals surface area contributed by atoms with Crippen LogP contribution in [-0.2, 0) is 0 Å². The highest BCUT2D eigenvalue weighted by atomic mass is 19.1. The van der Waals surface area contributed by atoms with Crippen LogP contribution in [0.5, 0.6) is 0 Å². The predicted molar refractivity (Wildman–Crippen MR) is 60.7 cm³/mol.